The fourth-order valence-electron chi connectivity index (χ4n) is 2.22. The topological polar surface area (TPSA) is 81.7 Å². The van der Waals surface area contributed by atoms with Gasteiger partial charge in [-0.25, -0.2) is 9.59 Å². The van der Waals surface area contributed by atoms with Gasteiger partial charge in [-0.3, -0.25) is 10.1 Å². The second-order valence-corrected chi connectivity index (χ2v) is 5.72. The highest BCUT2D eigenvalue weighted by Crippen LogP contribution is 2.14. The lowest BCUT2D eigenvalue weighted by Crippen LogP contribution is -2.16. The summed E-state index contributed by atoms with van der Waals surface area (Å²) in [6.45, 7) is 5.46. The van der Waals surface area contributed by atoms with Gasteiger partial charge in [-0.1, -0.05) is 18.2 Å². The van der Waals surface area contributed by atoms with E-state index in [2.05, 4.69) is 5.32 Å². The molecule has 1 N–H and O–H groups in total. The largest absolute Gasteiger partial charge is 0.454 e. The average molecular weight is 355 g/mol. The Kier molecular flexibility index (Phi) is 6.49. The van der Waals surface area contributed by atoms with Crippen LogP contribution in [-0.2, 0) is 9.47 Å². The lowest BCUT2D eigenvalue weighted by atomic mass is 10.0. The minimum absolute atomic E-state index is 0.229. The van der Waals surface area contributed by atoms with Crippen LogP contribution in [0.25, 0.3) is 0 Å². The number of carbonyl (C=O) groups is 3. The van der Waals surface area contributed by atoms with Crippen LogP contribution in [0.2, 0.25) is 0 Å². The molecule has 1 amide bonds. The van der Waals surface area contributed by atoms with E-state index in [9.17, 15) is 14.4 Å². The van der Waals surface area contributed by atoms with Gasteiger partial charge in [0.1, 0.15) is 0 Å². The Balaban J connectivity index is 1.98. The summed E-state index contributed by atoms with van der Waals surface area (Å²) in [6, 6.07) is 11.6. The molecular weight excluding hydrogens is 334 g/mol. The summed E-state index contributed by atoms with van der Waals surface area (Å²) >= 11 is 0. The molecule has 0 spiro atoms. The van der Waals surface area contributed by atoms with Gasteiger partial charge in [0.05, 0.1) is 12.2 Å². The number of benzene rings is 2. The first-order chi connectivity index (χ1) is 12.4. The summed E-state index contributed by atoms with van der Waals surface area (Å²) in [5.74, 6) is -0.919. The molecule has 26 heavy (non-hydrogen) atoms. The van der Waals surface area contributed by atoms with E-state index in [4.69, 9.17) is 9.47 Å². The van der Waals surface area contributed by atoms with Crippen molar-refractivity contribution in [3.8, 4) is 0 Å². The maximum Gasteiger partial charge on any atom is 0.411 e. The van der Waals surface area contributed by atoms with Crippen molar-refractivity contribution in [2.75, 3.05) is 18.5 Å². The third-order valence-electron chi connectivity index (χ3n) is 3.78. The normalized spacial score (nSPS) is 10.1. The maximum atomic E-state index is 12.2. The molecule has 136 valence electrons. The SMILES string of the molecule is CCOC(=O)Nc1cccc(C(=O)OCC(=O)c2ccc(C)c(C)c2)c1. The van der Waals surface area contributed by atoms with Crippen molar-refractivity contribution in [1.29, 1.82) is 0 Å². The van der Waals surface area contributed by atoms with Crippen molar-refractivity contribution >= 4 is 23.5 Å². The molecule has 2 rings (SSSR count). The van der Waals surface area contributed by atoms with Crippen molar-refractivity contribution in [2.45, 2.75) is 20.8 Å². The number of anilines is 1. The smallest absolute Gasteiger partial charge is 0.411 e. The lowest BCUT2D eigenvalue weighted by Gasteiger charge is -2.08. The molecular formula is C20H21NO5. The molecule has 0 aromatic heterocycles. The standard InChI is InChI=1S/C20H21NO5/c1-4-25-20(24)21-17-7-5-6-16(11-17)19(23)26-12-18(22)15-9-8-13(2)14(3)10-15/h5-11H,4,12H2,1-3H3,(H,21,24). The van der Waals surface area contributed by atoms with E-state index in [1.165, 1.54) is 6.07 Å². The number of ketones is 1. The van der Waals surface area contributed by atoms with Gasteiger partial charge < -0.3 is 9.47 Å². The van der Waals surface area contributed by atoms with E-state index in [1.807, 2.05) is 19.9 Å². The third kappa shape index (κ3) is 5.17. The number of ether oxygens (including phenoxy) is 2. The lowest BCUT2D eigenvalue weighted by molar-refractivity contribution is 0.0475. The van der Waals surface area contributed by atoms with E-state index < -0.39 is 12.1 Å². The molecule has 0 atom stereocenters. The van der Waals surface area contributed by atoms with Crippen LogP contribution in [0.4, 0.5) is 10.5 Å². The number of Topliss-reactive ketones (excluding diaryl/α,β-unsaturated/α-hetero) is 1. The van der Waals surface area contributed by atoms with Crippen LogP contribution < -0.4 is 5.32 Å². The maximum absolute atomic E-state index is 12.2. The Morgan fingerprint density at radius 3 is 2.38 bits per heavy atom. The Morgan fingerprint density at radius 2 is 1.69 bits per heavy atom. The molecule has 0 aliphatic carbocycles. The number of hydrogen-bond donors (Lipinski definition) is 1. The molecule has 0 saturated heterocycles. The first-order valence-corrected chi connectivity index (χ1v) is 8.22. The summed E-state index contributed by atoms with van der Waals surface area (Å²) < 4.78 is 9.87. The minimum atomic E-state index is -0.644. The summed E-state index contributed by atoms with van der Waals surface area (Å²) in [6.07, 6.45) is -0.608. The molecule has 0 unspecified atom stereocenters. The van der Waals surface area contributed by atoms with Crippen LogP contribution in [0.3, 0.4) is 0 Å². The van der Waals surface area contributed by atoms with Gasteiger partial charge in [-0.15, -0.1) is 0 Å². The van der Waals surface area contributed by atoms with Gasteiger partial charge in [0.15, 0.2) is 12.4 Å². The van der Waals surface area contributed by atoms with Crippen molar-refractivity contribution in [2.24, 2.45) is 0 Å². The zero-order chi connectivity index (χ0) is 19.1. The number of rotatable bonds is 6. The molecule has 0 aliphatic heterocycles. The Bertz CT molecular complexity index is 829. The molecule has 0 heterocycles. The Morgan fingerprint density at radius 1 is 0.923 bits per heavy atom. The zero-order valence-corrected chi connectivity index (χ0v) is 15.0. The fourth-order valence-corrected chi connectivity index (χ4v) is 2.22. The van der Waals surface area contributed by atoms with Crippen molar-refractivity contribution in [3.63, 3.8) is 0 Å². The Labute approximate surface area is 152 Å². The second-order valence-electron chi connectivity index (χ2n) is 5.72. The molecule has 0 aliphatic rings. The zero-order valence-electron chi connectivity index (χ0n) is 15.0. The first kappa shape index (κ1) is 19.2. The number of amides is 1. The number of hydrogen-bond acceptors (Lipinski definition) is 5. The van der Waals surface area contributed by atoms with E-state index in [0.717, 1.165) is 11.1 Å². The van der Waals surface area contributed by atoms with Crippen LogP contribution >= 0.6 is 0 Å². The third-order valence-corrected chi connectivity index (χ3v) is 3.78. The van der Waals surface area contributed by atoms with Gasteiger partial charge in [0.2, 0.25) is 0 Å². The van der Waals surface area contributed by atoms with Crippen molar-refractivity contribution in [3.05, 3.63) is 64.7 Å². The van der Waals surface area contributed by atoms with E-state index in [0.29, 0.717) is 11.3 Å². The van der Waals surface area contributed by atoms with Gasteiger partial charge in [0, 0.05) is 11.3 Å². The van der Waals surface area contributed by atoms with Gasteiger partial charge in [-0.05, 0) is 56.2 Å². The fraction of sp³-hybridized carbons (Fsp3) is 0.250. The number of aryl methyl sites for hydroxylation is 2. The highest BCUT2D eigenvalue weighted by molar-refractivity contribution is 6.00. The first-order valence-electron chi connectivity index (χ1n) is 8.22. The molecule has 0 bridgehead atoms. The highest BCUT2D eigenvalue weighted by Gasteiger charge is 2.13. The second kappa shape index (κ2) is 8.80. The predicted octanol–water partition coefficient (Wildman–Crippen LogP) is 3.91. The molecule has 6 nitrogen and oxygen atoms in total. The molecule has 2 aromatic carbocycles. The van der Waals surface area contributed by atoms with Crippen molar-refractivity contribution < 1.29 is 23.9 Å². The number of esters is 1. The molecule has 0 saturated carbocycles. The molecule has 0 fully saturated rings. The van der Waals surface area contributed by atoms with Gasteiger partial charge in [0.25, 0.3) is 0 Å². The van der Waals surface area contributed by atoms with E-state index in [1.54, 1.807) is 37.3 Å². The summed E-state index contributed by atoms with van der Waals surface area (Å²) in [7, 11) is 0. The average Bonchev–Trinajstić information content (AvgIpc) is 2.62. The molecule has 0 radical (unpaired) electrons. The summed E-state index contributed by atoms with van der Waals surface area (Å²) in [5, 5.41) is 2.50. The molecule has 6 heteroatoms. The van der Waals surface area contributed by atoms with Crippen LogP contribution in [0.5, 0.6) is 0 Å². The van der Waals surface area contributed by atoms with Crippen LogP contribution in [0.15, 0.2) is 42.5 Å². The van der Waals surface area contributed by atoms with Crippen LogP contribution in [0.1, 0.15) is 38.8 Å². The van der Waals surface area contributed by atoms with Crippen LogP contribution in [0, 0.1) is 13.8 Å². The number of nitrogens with one attached hydrogen (secondary N) is 1. The minimum Gasteiger partial charge on any atom is -0.454 e. The quantitative estimate of drug-likeness (QED) is 0.627. The van der Waals surface area contributed by atoms with E-state index in [-0.39, 0.29) is 24.6 Å². The van der Waals surface area contributed by atoms with Gasteiger partial charge >= 0.3 is 12.1 Å². The van der Waals surface area contributed by atoms with Crippen molar-refractivity contribution in [1.82, 2.24) is 0 Å². The van der Waals surface area contributed by atoms with E-state index >= 15 is 0 Å². The molecule has 2 aromatic rings. The highest BCUT2D eigenvalue weighted by atomic mass is 16.5. The summed E-state index contributed by atoms with van der Waals surface area (Å²) in [5.41, 5.74) is 3.22. The summed E-state index contributed by atoms with van der Waals surface area (Å²) in [4.78, 5) is 35.7. The Hall–Kier alpha value is -3.15. The van der Waals surface area contributed by atoms with Crippen LogP contribution in [-0.4, -0.2) is 31.1 Å². The predicted molar refractivity (Wildman–Crippen MR) is 97.6 cm³/mol. The monoisotopic (exact) mass is 355 g/mol. The van der Waals surface area contributed by atoms with Gasteiger partial charge in [-0.2, -0.15) is 0 Å². The number of carbonyl (C=O) groups excluding carboxylic acids is 3.